The van der Waals surface area contributed by atoms with E-state index in [9.17, 15) is 19.2 Å². The molecule has 1 aromatic carbocycles. The molecule has 2 saturated heterocycles. The van der Waals surface area contributed by atoms with Crippen molar-refractivity contribution in [1.82, 2.24) is 19.7 Å². The van der Waals surface area contributed by atoms with Crippen LogP contribution in [0.25, 0.3) is 17.0 Å². The molecule has 33 heavy (non-hydrogen) atoms. The fraction of sp³-hybridized carbons (Fsp3) is 0.440. The summed E-state index contributed by atoms with van der Waals surface area (Å²) in [5.41, 5.74) is 1.49. The summed E-state index contributed by atoms with van der Waals surface area (Å²) < 4.78 is 1.88. The van der Waals surface area contributed by atoms with Crippen LogP contribution in [0.3, 0.4) is 0 Å². The van der Waals surface area contributed by atoms with Gasteiger partial charge in [-0.3, -0.25) is 24.6 Å². The molecule has 5 rings (SSSR count). The van der Waals surface area contributed by atoms with Crippen molar-refractivity contribution < 1.29 is 19.2 Å². The van der Waals surface area contributed by atoms with Crippen molar-refractivity contribution in [2.75, 3.05) is 13.1 Å². The highest BCUT2D eigenvalue weighted by Gasteiger charge is 2.40. The first kappa shape index (κ1) is 21.4. The summed E-state index contributed by atoms with van der Waals surface area (Å²) in [5, 5.41) is 3.18. The van der Waals surface area contributed by atoms with Crippen molar-refractivity contribution >= 4 is 40.7 Å². The normalized spacial score (nSPS) is 21.3. The average Bonchev–Trinajstić information content (AvgIpc) is 3.46. The van der Waals surface area contributed by atoms with Crippen molar-refractivity contribution in [2.24, 2.45) is 0 Å². The Morgan fingerprint density at radius 3 is 2.48 bits per heavy atom. The van der Waals surface area contributed by atoms with E-state index in [2.05, 4.69) is 5.32 Å². The minimum absolute atomic E-state index is 0.0493. The minimum Gasteiger partial charge on any atom is -0.341 e. The minimum atomic E-state index is -0.680. The van der Waals surface area contributed by atoms with Gasteiger partial charge >= 0.3 is 6.03 Å². The Morgan fingerprint density at radius 1 is 1.00 bits per heavy atom. The Balaban J connectivity index is 1.48. The molecule has 3 aliphatic rings. The molecule has 8 heteroatoms. The van der Waals surface area contributed by atoms with Crippen molar-refractivity contribution in [3.63, 3.8) is 0 Å². The summed E-state index contributed by atoms with van der Waals surface area (Å²) in [6.07, 6.45) is 10.0. The zero-order valence-electron chi connectivity index (χ0n) is 18.6. The lowest BCUT2D eigenvalue weighted by atomic mass is 10.0. The number of imide groups is 2. The number of piperidine rings is 1. The van der Waals surface area contributed by atoms with E-state index in [1.165, 1.54) is 4.90 Å². The summed E-state index contributed by atoms with van der Waals surface area (Å²) >= 11 is 0. The Morgan fingerprint density at radius 2 is 1.73 bits per heavy atom. The topological polar surface area (TPSA) is 91.7 Å². The Kier molecular flexibility index (Phi) is 5.74. The van der Waals surface area contributed by atoms with Gasteiger partial charge in [-0.2, -0.15) is 0 Å². The molecule has 1 saturated carbocycles. The average molecular weight is 449 g/mol. The first-order valence-corrected chi connectivity index (χ1v) is 11.8. The third-order valence-corrected chi connectivity index (χ3v) is 6.96. The number of hydrogen-bond donors (Lipinski definition) is 1. The van der Waals surface area contributed by atoms with Gasteiger partial charge in [-0.1, -0.05) is 31.0 Å². The SMILES string of the molecule is O=C1NC(=O)N(C2CCCC2)C(=O)/C1=C\c1cn(CC(=O)N2CCCCC2)c2ccccc12. The summed E-state index contributed by atoms with van der Waals surface area (Å²) in [6.45, 7) is 1.78. The molecular weight excluding hydrogens is 420 g/mol. The maximum Gasteiger partial charge on any atom is 0.331 e. The molecule has 2 aromatic rings. The van der Waals surface area contributed by atoms with E-state index in [1.807, 2.05) is 39.9 Å². The highest BCUT2D eigenvalue weighted by molar-refractivity contribution is 6.31. The maximum atomic E-state index is 13.2. The van der Waals surface area contributed by atoms with Gasteiger partial charge in [0.05, 0.1) is 0 Å². The Labute approximate surface area is 192 Å². The molecule has 3 heterocycles. The molecular formula is C25H28N4O4. The van der Waals surface area contributed by atoms with Crippen molar-refractivity contribution in [3.05, 3.63) is 41.6 Å². The fourth-order valence-corrected chi connectivity index (χ4v) is 5.23. The third-order valence-electron chi connectivity index (χ3n) is 6.96. The number of aromatic nitrogens is 1. The molecule has 0 atom stereocenters. The summed E-state index contributed by atoms with van der Waals surface area (Å²) in [4.78, 5) is 54.1. The molecule has 0 spiro atoms. The van der Waals surface area contributed by atoms with Crippen molar-refractivity contribution in [1.29, 1.82) is 0 Å². The first-order chi connectivity index (χ1) is 16.0. The molecule has 3 fully saturated rings. The van der Waals surface area contributed by atoms with E-state index in [1.54, 1.807) is 6.08 Å². The summed E-state index contributed by atoms with van der Waals surface area (Å²) in [7, 11) is 0. The molecule has 8 nitrogen and oxygen atoms in total. The first-order valence-electron chi connectivity index (χ1n) is 11.8. The van der Waals surface area contributed by atoms with Crippen molar-refractivity contribution in [3.8, 4) is 0 Å². The molecule has 0 radical (unpaired) electrons. The van der Waals surface area contributed by atoms with Gasteiger partial charge in [0.15, 0.2) is 0 Å². The number of hydrogen-bond acceptors (Lipinski definition) is 4. The second-order valence-corrected chi connectivity index (χ2v) is 9.10. The highest BCUT2D eigenvalue weighted by Crippen LogP contribution is 2.29. The third kappa shape index (κ3) is 4.05. The Bertz CT molecular complexity index is 1150. The standard InChI is InChI=1S/C25H28N4O4/c30-22(27-12-6-1-7-13-27)16-28-15-17(19-10-4-5-11-21(19)28)14-20-23(31)26-25(33)29(24(20)32)18-8-2-3-9-18/h4-5,10-11,14-15,18H,1-3,6-9,12-13,16H2,(H,26,31,33)/b20-14-. The zero-order valence-corrected chi connectivity index (χ0v) is 18.6. The van der Waals surface area contributed by atoms with Gasteiger partial charge in [-0.05, 0) is 44.2 Å². The lowest BCUT2D eigenvalue weighted by Gasteiger charge is -2.31. The molecule has 5 amide bonds. The predicted octanol–water partition coefficient (Wildman–Crippen LogP) is 3.06. The van der Waals surface area contributed by atoms with E-state index in [0.29, 0.717) is 5.56 Å². The van der Waals surface area contributed by atoms with Crippen molar-refractivity contribution in [2.45, 2.75) is 57.5 Å². The molecule has 2 aliphatic heterocycles. The van der Waals surface area contributed by atoms with E-state index < -0.39 is 17.8 Å². The number of carbonyl (C=O) groups is 4. The second-order valence-electron chi connectivity index (χ2n) is 9.10. The van der Waals surface area contributed by atoms with Gasteiger partial charge in [-0.15, -0.1) is 0 Å². The number of urea groups is 1. The van der Waals surface area contributed by atoms with Crippen LogP contribution in [-0.2, 0) is 20.9 Å². The second kappa shape index (κ2) is 8.84. The number of benzene rings is 1. The lowest BCUT2D eigenvalue weighted by Crippen LogP contribution is -2.57. The predicted molar refractivity (Wildman–Crippen MR) is 123 cm³/mol. The van der Waals surface area contributed by atoms with Crippen LogP contribution >= 0.6 is 0 Å². The van der Waals surface area contributed by atoms with Crippen LogP contribution in [0.2, 0.25) is 0 Å². The summed E-state index contributed by atoms with van der Waals surface area (Å²) in [5.74, 6) is -1.16. The number of nitrogens with one attached hydrogen (secondary N) is 1. The van der Waals surface area contributed by atoms with E-state index in [4.69, 9.17) is 0 Å². The number of para-hydroxylation sites is 1. The van der Waals surface area contributed by atoms with E-state index >= 15 is 0 Å². The molecule has 1 N–H and O–H groups in total. The van der Waals surface area contributed by atoms with Crippen LogP contribution in [0.1, 0.15) is 50.5 Å². The molecule has 1 aliphatic carbocycles. The number of nitrogens with zero attached hydrogens (tertiary/aromatic N) is 3. The van der Waals surface area contributed by atoms with Crippen LogP contribution in [0, 0.1) is 0 Å². The van der Waals surface area contributed by atoms with Gasteiger partial charge in [0.2, 0.25) is 5.91 Å². The number of likely N-dealkylation sites (tertiary alicyclic amines) is 1. The van der Waals surface area contributed by atoms with Gasteiger partial charge in [0, 0.05) is 41.8 Å². The number of fused-ring (bicyclic) bond motifs is 1. The van der Waals surface area contributed by atoms with Crippen LogP contribution in [-0.4, -0.2) is 57.3 Å². The highest BCUT2D eigenvalue weighted by atomic mass is 16.2. The quantitative estimate of drug-likeness (QED) is 0.575. The summed E-state index contributed by atoms with van der Waals surface area (Å²) in [6, 6.07) is 6.83. The van der Waals surface area contributed by atoms with Crippen LogP contribution in [0.5, 0.6) is 0 Å². The zero-order chi connectivity index (χ0) is 22.9. The largest absolute Gasteiger partial charge is 0.341 e. The fourth-order valence-electron chi connectivity index (χ4n) is 5.23. The molecule has 0 bridgehead atoms. The number of rotatable bonds is 4. The van der Waals surface area contributed by atoms with Gasteiger partial charge < -0.3 is 9.47 Å². The van der Waals surface area contributed by atoms with E-state index in [-0.39, 0.29) is 24.1 Å². The molecule has 1 aromatic heterocycles. The van der Waals surface area contributed by atoms with Gasteiger partial charge in [0.25, 0.3) is 11.8 Å². The number of amides is 5. The lowest BCUT2D eigenvalue weighted by molar-refractivity contribution is -0.133. The molecule has 172 valence electrons. The maximum absolute atomic E-state index is 13.2. The van der Waals surface area contributed by atoms with Crippen LogP contribution in [0.4, 0.5) is 4.79 Å². The van der Waals surface area contributed by atoms with Gasteiger partial charge in [0.1, 0.15) is 12.1 Å². The van der Waals surface area contributed by atoms with E-state index in [0.717, 1.165) is 68.9 Å². The number of barbiturate groups is 1. The number of carbonyl (C=O) groups excluding carboxylic acids is 4. The Hall–Kier alpha value is -3.42. The van der Waals surface area contributed by atoms with Crippen LogP contribution in [0.15, 0.2) is 36.0 Å². The smallest absolute Gasteiger partial charge is 0.331 e. The van der Waals surface area contributed by atoms with Crippen LogP contribution < -0.4 is 5.32 Å². The van der Waals surface area contributed by atoms with Gasteiger partial charge in [-0.25, -0.2) is 4.79 Å². The monoisotopic (exact) mass is 448 g/mol. The molecule has 0 unspecified atom stereocenters.